The van der Waals surface area contributed by atoms with Crippen molar-refractivity contribution in [3.8, 4) is 5.75 Å². The van der Waals surface area contributed by atoms with Gasteiger partial charge < -0.3 is 19.5 Å². The molecule has 2 aliphatic heterocycles. The van der Waals surface area contributed by atoms with E-state index in [1.54, 1.807) is 31.4 Å². The lowest BCUT2D eigenvalue weighted by atomic mass is 9.92. The average molecular weight is 362 g/mol. The number of carbonyl (C=O) groups is 2. The third kappa shape index (κ3) is 4.16. The Morgan fingerprint density at radius 2 is 1.73 bits per heavy atom. The number of rotatable bonds is 5. The maximum Gasteiger partial charge on any atom is 0.325 e. The molecule has 0 radical (unpaired) electrons. The predicted octanol–water partition coefficient (Wildman–Crippen LogP) is 1.39. The minimum atomic E-state index is -0.867. The molecule has 0 aromatic heterocycles. The Kier molecular flexibility index (Phi) is 6.11. The van der Waals surface area contributed by atoms with Gasteiger partial charge in [-0.3, -0.25) is 14.5 Å². The smallest absolute Gasteiger partial charge is 0.325 e. The topological polar surface area (TPSA) is 79.3 Å². The maximum absolute atomic E-state index is 12.6. The van der Waals surface area contributed by atoms with Gasteiger partial charge in [0.1, 0.15) is 11.8 Å². The highest BCUT2D eigenvalue weighted by atomic mass is 16.5. The summed E-state index contributed by atoms with van der Waals surface area (Å²) in [5, 5.41) is 9.72. The summed E-state index contributed by atoms with van der Waals surface area (Å²) in [6, 6.07) is 6.45. The third-order valence-electron chi connectivity index (χ3n) is 5.23. The van der Waals surface area contributed by atoms with Crippen LogP contribution in [-0.2, 0) is 14.3 Å². The van der Waals surface area contributed by atoms with Crippen LogP contribution in [-0.4, -0.2) is 73.3 Å². The highest BCUT2D eigenvalue weighted by Gasteiger charge is 2.34. The second-order valence-corrected chi connectivity index (χ2v) is 6.76. The van der Waals surface area contributed by atoms with E-state index in [0.29, 0.717) is 58.0 Å². The molecule has 0 spiro atoms. The Bertz CT molecular complexity index is 619. The lowest BCUT2D eigenvalue weighted by Gasteiger charge is -2.37. The summed E-state index contributed by atoms with van der Waals surface area (Å²) in [7, 11) is 1.58. The van der Waals surface area contributed by atoms with Gasteiger partial charge >= 0.3 is 5.97 Å². The molecular formula is C19H26N2O5. The summed E-state index contributed by atoms with van der Waals surface area (Å²) in [5.41, 5.74) is 0.733. The molecule has 1 aromatic rings. The highest BCUT2D eigenvalue weighted by molar-refractivity contribution is 5.79. The van der Waals surface area contributed by atoms with Crippen LogP contribution in [0.5, 0.6) is 5.75 Å². The molecule has 0 bridgehead atoms. The Hall–Kier alpha value is -2.12. The van der Waals surface area contributed by atoms with Crippen LogP contribution in [0.15, 0.2) is 24.3 Å². The van der Waals surface area contributed by atoms with E-state index in [-0.39, 0.29) is 11.8 Å². The van der Waals surface area contributed by atoms with E-state index in [1.807, 2.05) is 9.80 Å². The molecule has 2 saturated heterocycles. The first-order chi connectivity index (χ1) is 12.6. The van der Waals surface area contributed by atoms with E-state index in [0.717, 1.165) is 5.56 Å². The van der Waals surface area contributed by atoms with Crippen LogP contribution in [0.25, 0.3) is 0 Å². The van der Waals surface area contributed by atoms with Crippen LogP contribution >= 0.6 is 0 Å². The van der Waals surface area contributed by atoms with Gasteiger partial charge in [0, 0.05) is 32.1 Å². The lowest BCUT2D eigenvalue weighted by molar-refractivity contribution is -0.145. The van der Waals surface area contributed by atoms with Gasteiger partial charge in [0.05, 0.1) is 20.3 Å². The number of hydrogen-bond donors (Lipinski definition) is 1. The predicted molar refractivity (Wildman–Crippen MR) is 95.1 cm³/mol. The van der Waals surface area contributed by atoms with E-state index < -0.39 is 12.0 Å². The molecule has 1 aromatic carbocycles. The van der Waals surface area contributed by atoms with Crippen molar-refractivity contribution in [3.63, 3.8) is 0 Å². The molecule has 1 atom stereocenters. The molecule has 2 fully saturated rings. The van der Waals surface area contributed by atoms with Crippen molar-refractivity contribution in [2.75, 3.05) is 46.5 Å². The first kappa shape index (κ1) is 18.7. The summed E-state index contributed by atoms with van der Waals surface area (Å²) in [5.74, 6) is -0.000220. The van der Waals surface area contributed by atoms with Crippen molar-refractivity contribution < 1.29 is 24.2 Å². The first-order valence-corrected chi connectivity index (χ1v) is 9.07. The number of carbonyl (C=O) groups excluding carboxylic acids is 1. The van der Waals surface area contributed by atoms with E-state index in [9.17, 15) is 14.7 Å². The number of aliphatic carboxylic acids is 1. The number of piperidine rings is 1. The van der Waals surface area contributed by atoms with Crippen LogP contribution in [0.2, 0.25) is 0 Å². The van der Waals surface area contributed by atoms with Gasteiger partial charge in [-0.1, -0.05) is 12.1 Å². The summed E-state index contributed by atoms with van der Waals surface area (Å²) < 4.78 is 10.4. The zero-order valence-corrected chi connectivity index (χ0v) is 15.1. The van der Waals surface area contributed by atoms with Gasteiger partial charge in [0.2, 0.25) is 5.91 Å². The largest absolute Gasteiger partial charge is 0.497 e. The quantitative estimate of drug-likeness (QED) is 0.853. The van der Waals surface area contributed by atoms with E-state index in [2.05, 4.69) is 0 Å². The maximum atomic E-state index is 12.6. The second-order valence-electron chi connectivity index (χ2n) is 6.76. The molecule has 3 rings (SSSR count). The summed E-state index contributed by atoms with van der Waals surface area (Å²) in [4.78, 5) is 28.3. The molecule has 7 heteroatoms. The fourth-order valence-corrected chi connectivity index (χ4v) is 3.74. The summed E-state index contributed by atoms with van der Waals surface area (Å²) >= 11 is 0. The van der Waals surface area contributed by atoms with Crippen molar-refractivity contribution in [2.45, 2.75) is 18.9 Å². The van der Waals surface area contributed by atoms with E-state index in [1.165, 1.54) is 0 Å². The molecule has 26 heavy (non-hydrogen) atoms. The molecular weight excluding hydrogens is 336 g/mol. The van der Waals surface area contributed by atoms with Crippen LogP contribution in [0.4, 0.5) is 0 Å². The molecule has 0 aliphatic carbocycles. The first-order valence-electron chi connectivity index (χ1n) is 9.07. The van der Waals surface area contributed by atoms with E-state index in [4.69, 9.17) is 9.47 Å². The number of benzene rings is 1. The Labute approximate surface area is 153 Å². The SMILES string of the molecule is COc1ccc([C@H](C(=O)O)N2CCC(C(=O)N3CCOCC3)CC2)cc1. The molecule has 0 unspecified atom stereocenters. The van der Waals surface area contributed by atoms with Crippen LogP contribution in [0.1, 0.15) is 24.4 Å². The van der Waals surface area contributed by atoms with Crippen molar-refractivity contribution >= 4 is 11.9 Å². The van der Waals surface area contributed by atoms with E-state index >= 15 is 0 Å². The van der Waals surface area contributed by atoms with Crippen LogP contribution in [0.3, 0.4) is 0 Å². The molecule has 2 aliphatic rings. The van der Waals surface area contributed by atoms with Gasteiger partial charge in [-0.25, -0.2) is 0 Å². The minimum absolute atomic E-state index is 0.0188. The lowest BCUT2D eigenvalue weighted by Crippen LogP contribution is -2.47. The summed E-state index contributed by atoms with van der Waals surface area (Å²) in [6.07, 6.45) is 1.38. The number of methoxy groups -OCH3 is 1. The molecule has 2 heterocycles. The molecule has 1 N–H and O–H groups in total. The number of morpholine rings is 1. The zero-order valence-electron chi connectivity index (χ0n) is 15.1. The molecule has 1 amide bonds. The zero-order chi connectivity index (χ0) is 18.5. The van der Waals surface area contributed by atoms with Crippen molar-refractivity contribution in [3.05, 3.63) is 29.8 Å². The number of likely N-dealkylation sites (tertiary alicyclic amines) is 1. The number of nitrogens with zero attached hydrogens (tertiary/aromatic N) is 2. The fraction of sp³-hybridized carbons (Fsp3) is 0.579. The van der Waals surface area contributed by atoms with Gasteiger partial charge in [0.15, 0.2) is 0 Å². The number of hydrogen-bond acceptors (Lipinski definition) is 5. The second kappa shape index (κ2) is 8.51. The minimum Gasteiger partial charge on any atom is -0.497 e. The summed E-state index contributed by atoms with van der Waals surface area (Å²) in [6.45, 7) is 3.71. The van der Waals surface area contributed by atoms with Crippen LogP contribution in [0, 0.1) is 5.92 Å². The Morgan fingerprint density at radius 3 is 2.27 bits per heavy atom. The number of carboxylic acids is 1. The third-order valence-corrected chi connectivity index (χ3v) is 5.23. The molecule has 7 nitrogen and oxygen atoms in total. The average Bonchev–Trinajstić information content (AvgIpc) is 2.69. The normalized spacial score (nSPS) is 20.6. The number of carboxylic acid groups (broad SMARTS) is 1. The fourth-order valence-electron chi connectivity index (χ4n) is 3.74. The molecule has 0 saturated carbocycles. The standard InChI is InChI=1S/C19H26N2O5/c1-25-16-4-2-14(3-5-16)17(19(23)24)20-8-6-15(7-9-20)18(22)21-10-12-26-13-11-21/h2-5,15,17H,6-13H2,1H3,(H,23,24)/t17-/m1/s1. The van der Waals surface area contributed by atoms with Crippen molar-refractivity contribution in [1.29, 1.82) is 0 Å². The number of amides is 1. The van der Waals surface area contributed by atoms with Gasteiger partial charge in [-0.2, -0.15) is 0 Å². The van der Waals surface area contributed by atoms with Crippen molar-refractivity contribution in [2.24, 2.45) is 5.92 Å². The van der Waals surface area contributed by atoms with Gasteiger partial charge in [-0.15, -0.1) is 0 Å². The highest BCUT2D eigenvalue weighted by Crippen LogP contribution is 2.29. The van der Waals surface area contributed by atoms with Gasteiger partial charge in [-0.05, 0) is 30.5 Å². The monoisotopic (exact) mass is 362 g/mol. The molecule has 142 valence electrons. The van der Waals surface area contributed by atoms with Crippen LogP contribution < -0.4 is 4.74 Å². The van der Waals surface area contributed by atoms with Gasteiger partial charge in [0.25, 0.3) is 0 Å². The Balaban J connectivity index is 1.62. The van der Waals surface area contributed by atoms with Crippen molar-refractivity contribution in [1.82, 2.24) is 9.80 Å². The number of ether oxygens (including phenoxy) is 2. The Morgan fingerprint density at radius 1 is 1.12 bits per heavy atom.